The second-order valence-corrected chi connectivity index (χ2v) is 4.00. The number of likely N-dealkylation sites (N-methyl/N-ethyl adjacent to an activating group) is 1. The normalized spacial score (nSPS) is 10.8. The number of amides is 1. The zero-order valence-corrected chi connectivity index (χ0v) is 10.6. The first-order valence-electron chi connectivity index (χ1n) is 5.73. The molecule has 1 aromatic rings. The molecule has 1 aromatic carbocycles. The van der Waals surface area contributed by atoms with Crippen LogP contribution in [0.15, 0.2) is 24.3 Å². The van der Waals surface area contributed by atoms with Crippen LogP contribution in [0.1, 0.15) is 10.4 Å². The Kier molecular flexibility index (Phi) is 6.17. The van der Waals surface area contributed by atoms with E-state index < -0.39 is 12.3 Å². The Labute approximate surface area is 110 Å². The van der Waals surface area contributed by atoms with Crippen LogP contribution in [0.25, 0.3) is 0 Å². The molecule has 0 aromatic heterocycles. The summed E-state index contributed by atoms with van der Waals surface area (Å²) >= 11 is 0. The van der Waals surface area contributed by atoms with E-state index in [2.05, 4.69) is 0 Å². The summed E-state index contributed by atoms with van der Waals surface area (Å²) in [6.07, 6.45) is -2.36. The summed E-state index contributed by atoms with van der Waals surface area (Å²) in [5, 5.41) is 0. The Morgan fingerprint density at radius 3 is 2.89 bits per heavy atom. The number of ether oxygens (including phenoxy) is 1. The van der Waals surface area contributed by atoms with Crippen LogP contribution in [0.2, 0.25) is 0 Å². The predicted octanol–water partition coefficient (Wildman–Crippen LogP) is 0.866. The van der Waals surface area contributed by atoms with Crippen molar-refractivity contribution in [2.24, 2.45) is 5.84 Å². The van der Waals surface area contributed by atoms with Gasteiger partial charge in [0.15, 0.2) is 0 Å². The number of benzene rings is 1. The van der Waals surface area contributed by atoms with Gasteiger partial charge in [0.1, 0.15) is 12.4 Å². The number of rotatable bonds is 7. The van der Waals surface area contributed by atoms with Crippen LogP contribution in [0.5, 0.6) is 5.75 Å². The Balaban J connectivity index is 2.43. The van der Waals surface area contributed by atoms with Crippen LogP contribution in [-0.4, -0.2) is 44.0 Å². The largest absolute Gasteiger partial charge is 0.492 e. The van der Waals surface area contributed by atoms with Crippen LogP contribution >= 0.6 is 0 Å². The van der Waals surface area contributed by atoms with E-state index in [1.165, 1.54) is 11.0 Å². The van der Waals surface area contributed by atoms with Gasteiger partial charge in [-0.2, -0.15) is 0 Å². The number of halogens is 2. The summed E-state index contributed by atoms with van der Waals surface area (Å²) in [6.45, 7) is 0.341. The summed E-state index contributed by atoms with van der Waals surface area (Å²) in [4.78, 5) is 12.8. The number of nitrogens with one attached hydrogen (secondary N) is 1. The van der Waals surface area contributed by atoms with E-state index in [-0.39, 0.29) is 13.2 Å². The molecule has 0 heterocycles. The molecule has 0 saturated carbocycles. The number of nitrogens with zero attached hydrogens (tertiary/aromatic N) is 1. The minimum atomic E-state index is -2.36. The minimum absolute atomic E-state index is 0.261. The molecule has 0 spiro atoms. The van der Waals surface area contributed by atoms with Gasteiger partial charge in [-0.1, -0.05) is 6.07 Å². The van der Waals surface area contributed by atoms with Crippen LogP contribution in [0.4, 0.5) is 8.78 Å². The average molecular weight is 273 g/mol. The highest BCUT2D eigenvalue weighted by atomic mass is 19.3. The molecule has 1 amide bonds. The molecule has 7 heteroatoms. The summed E-state index contributed by atoms with van der Waals surface area (Å²) in [7, 11) is 1.59. The zero-order chi connectivity index (χ0) is 14.3. The predicted molar refractivity (Wildman–Crippen MR) is 67.1 cm³/mol. The lowest BCUT2D eigenvalue weighted by Gasteiger charge is -2.16. The fourth-order valence-electron chi connectivity index (χ4n) is 1.46. The fourth-order valence-corrected chi connectivity index (χ4v) is 1.46. The van der Waals surface area contributed by atoms with Crippen molar-refractivity contribution in [1.82, 2.24) is 10.3 Å². The fraction of sp³-hybridized carbons (Fsp3) is 0.417. The van der Waals surface area contributed by atoms with E-state index in [9.17, 15) is 13.6 Å². The average Bonchev–Trinajstić information content (AvgIpc) is 2.37. The van der Waals surface area contributed by atoms with Crippen molar-refractivity contribution < 1.29 is 18.3 Å². The lowest BCUT2D eigenvalue weighted by Crippen LogP contribution is -2.30. The Morgan fingerprint density at radius 1 is 1.53 bits per heavy atom. The van der Waals surface area contributed by atoms with Crippen molar-refractivity contribution in [3.05, 3.63) is 29.8 Å². The molecule has 0 fully saturated rings. The van der Waals surface area contributed by atoms with Gasteiger partial charge in [-0.3, -0.25) is 15.1 Å². The van der Waals surface area contributed by atoms with E-state index >= 15 is 0 Å². The lowest BCUT2D eigenvalue weighted by atomic mass is 10.2. The van der Waals surface area contributed by atoms with Crippen molar-refractivity contribution >= 4 is 5.91 Å². The molecule has 1 rings (SSSR count). The molecule has 0 radical (unpaired) electrons. The molecule has 0 aliphatic heterocycles. The number of hydrogen-bond donors (Lipinski definition) is 2. The molecular formula is C12H17F2N3O2. The molecule has 5 nitrogen and oxygen atoms in total. The Bertz CT molecular complexity index is 416. The Hall–Kier alpha value is -1.73. The van der Waals surface area contributed by atoms with E-state index in [1.807, 2.05) is 5.43 Å². The van der Waals surface area contributed by atoms with Gasteiger partial charge in [-0.05, 0) is 25.2 Å². The van der Waals surface area contributed by atoms with Gasteiger partial charge in [-0.15, -0.1) is 0 Å². The SMILES string of the molecule is CN(CCOc1cccc(C(=O)NN)c1)CC(F)F. The number of alkyl halides is 2. The van der Waals surface area contributed by atoms with Gasteiger partial charge in [0, 0.05) is 12.1 Å². The van der Waals surface area contributed by atoms with Gasteiger partial charge in [0.05, 0.1) is 6.54 Å². The van der Waals surface area contributed by atoms with Gasteiger partial charge >= 0.3 is 0 Å². The van der Waals surface area contributed by atoms with Gasteiger partial charge in [0.2, 0.25) is 0 Å². The van der Waals surface area contributed by atoms with Crippen molar-refractivity contribution in [2.45, 2.75) is 6.43 Å². The van der Waals surface area contributed by atoms with E-state index in [4.69, 9.17) is 10.6 Å². The maximum atomic E-state index is 12.1. The smallest absolute Gasteiger partial charge is 0.265 e. The van der Waals surface area contributed by atoms with Gasteiger partial charge < -0.3 is 4.74 Å². The number of hydrazine groups is 1. The van der Waals surface area contributed by atoms with E-state index in [0.717, 1.165) is 0 Å². The third-order valence-corrected chi connectivity index (χ3v) is 2.42. The maximum absolute atomic E-state index is 12.1. The molecule has 3 N–H and O–H groups in total. The lowest BCUT2D eigenvalue weighted by molar-refractivity contribution is 0.0928. The van der Waals surface area contributed by atoms with Crippen LogP contribution in [0, 0.1) is 0 Å². The molecule has 0 aliphatic carbocycles. The second-order valence-electron chi connectivity index (χ2n) is 4.00. The highest BCUT2D eigenvalue weighted by molar-refractivity contribution is 5.94. The summed E-state index contributed by atoms with van der Waals surface area (Å²) < 4.78 is 29.5. The Morgan fingerprint density at radius 2 is 2.26 bits per heavy atom. The van der Waals surface area contributed by atoms with Crippen LogP contribution in [-0.2, 0) is 0 Å². The first kappa shape index (κ1) is 15.3. The molecule has 0 saturated heterocycles. The first-order chi connectivity index (χ1) is 9.02. The number of carbonyl (C=O) groups is 1. The molecule has 0 atom stereocenters. The van der Waals surface area contributed by atoms with Gasteiger partial charge in [0.25, 0.3) is 12.3 Å². The first-order valence-corrected chi connectivity index (χ1v) is 5.73. The van der Waals surface area contributed by atoms with Crippen molar-refractivity contribution in [3.63, 3.8) is 0 Å². The molecule has 106 valence electrons. The number of nitrogen functional groups attached to an aromatic ring is 1. The highest BCUT2D eigenvalue weighted by Crippen LogP contribution is 2.13. The van der Waals surface area contributed by atoms with E-state index in [1.54, 1.807) is 25.2 Å². The van der Waals surface area contributed by atoms with Crippen molar-refractivity contribution in [1.29, 1.82) is 0 Å². The summed E-state index contributed by atoms with van der Waals surface area (Å²) in [6, 6.07) is 6.47. The summed E-state index contributed by atoms with van der Waals surface area (Å²) in [5.74, 6) is 5.10. The highest BCUT2D eigenvalue weighted by Gasteiger charge is 2.08. The molecular weight excluding hydrogens is 256 g/mol. The van der Waals surface area contributed by atoms with E-state index in [0.29, 0.717) is 17.9 Å². The quantitative estimate of drug-likeness (QED) is 0.439. The minimum Gasteiger partial charge on any atom is -0.492 e. The van der Waals surface area contributed by atoms with Crippen molar-refractivity contribution in [2.75, 3.05) is 26.7 Å². The monoisotopic (exact) mass is 273 g/mol. The number of nitrogens with two attached hydrogens (primary N) is 1. The standard InChI is InChI=1S/C12H17F2N3O2/c1-17(8-11(13)14)5-6-19-10-4-2-3-9(7-10)12(18)16-15/h2-4,7,11H,5-6,8,15H2,1H3,(H,16,18). The third kappa shape index (κ3) is 5.62. The third-order valence-electron chi connectivity index (χ3n) is 2.42. The van der Waals surface area contributed by atoms with Crippen LogP contribution in [0.3, 0.4) is 0 Å². The topological polar surface area (TPSA) is 67.6 Å². The molecule has 0 aliphatic rings. The second kappa shape index (κ2) is 7.65. The van der Waals surface area contributed by atoms with Gasteiger partial charge in [-0.25, -0.2) is 14.6 Å². The number of carbonyl (C=O) groups excluding carboxylic acids is 1. The maximum Gasteiger partial charge on any atom is 0.265 e. The molecule has 19 heavy (non-hydrogen) atoms. The van der Waals surface area contributed by atoms with Crippen molar-refractivity contribution in [3.8, 4) is 5.75 Å². The molecule has 0 bridgehead atoms. The number of hydrogen-bond acceptors (Lipinski definition) is 4. The molecule has 0 unspecified atom stereocenters. The van der Waals surface area contributed by atoms with Crippen LogP contribution < -0.4 is 16.0 Å². The summed E-state index contributed by atoms with van der Waals surface area (Å²) in [5.41, 5.74) is 2.39. The zero-order valence-electron chi connectivity index (χ0n) is 10.6.